The lowest BCUT2D eigenvalue weighted by molar-refractivity contribution is -0.113. The predicted molar refractivity (Wildman–Crippen MR) is 129 cm³/mol. The van der Waals surface area contributed by atoms with Crippen molar-refractivity contribution < 1.29 is 23.5 Å². The highest BCUT2D eigenvalue weighted by Crippen LogP contribution is 2.38. The minimum atomic E-state index is -0.593. The maximum absolute atomic E-state index is 13.5. The van der Waals surface area contributed by atoms with E-state index in [1.54, 1.807) is 49.4 Å². The Bertz CT molecular complexity index is 1300. The normalized spacial score (nSPS) is 14.5. The van der Waals surface area contributed by atoms with E-state index in [9.17, 15) is 14.0 Å². The molecule has 0 unspecified atom stereocenters. The summed E-state index contributed by atoms with van der Waals surface area (Å²) in [5, 5.41) is 3.20. The molecule has 9 heteroatoms. The molecule has 1 heterocycles. The second-order valence-electron chi connectivity index (χ2n) is 7.29. The molecule has 0 spiro atoms. The van der Waals surface area contributed by atoms with Crippen molar-refractivity contribution >= 4 is 46.9 Å². The maximum atomic E-state index is 13.5. The van der Waals surface area contributed by atoms with Gasteiger partial charge in [-0.2, -0.15) is 0 Å². The minimum absolute atomic E-state index is 0.0666. The van der Waals surface area contributed by atoms with Gasteiger partial charge in [0, 0.05) is 5.02 Å². The number of carbonyl (C=O) groups is 2. The zero-order valence-electron chi connectivity index (χ0n) is 18.0. The number of rotatable bonds is 7. The highest BCUT2D eigenvalue weighted by molar-refractivity contribution is 6.33. The Morgan fingerprint density at radius 3 is 2.56 bits per heavy atom. The van der Waals surface area contributed by atoms with E-state index in [1.165, 1.54) is 24.3 Å². The number of nitrogens with one attached hydrogen (secondary N) is 1. The Hall–Kier alpha value is -3.55. The number of ether oxygens (including phenoxy) is 2. The van der Waals surface area contributed by atoms with Crippen molar-refractivity contribution in [1.29, 1.82) is 0 Å². The van der Waals surface area contributed by atoms with Gasteiger partial charge in [0.25, 0.3) is 5.91 Å². The number of hydrogen-bond donors (Lipinski definition) is 1. The zero-order valence-corrected chi connectivity index (χ0v) is 19.5. The first-order valence-corrected chi connectivity index (χ1v) is 11.1. The zero-order chi connectivity index (χ0) is 24.2. The highest BCUT2D eigenvalue weighted by Gasteiger charge is 2.35. The topological polar surface area (TPSA) is 67.9 Å². The second-order valence-corrected chi connectivity index (χ2v) is 8.13. The van der Waals surface area contributed by atoms with Crippen molar-refractivity contribution in [3.63, 3.8) is 0 Å². The van der Waals surface area contributed by atoms with Gasteiger partial charge in [-0.25, -0.2) is 14.1 Å². The van der Waals surface area contributed by atoms with Crippen LogP contribution < -0.4 is 19.7 Å². The van der Waals surface area contributed by atoms with Crippen LogP contribution in [0, 0.1) is 5.82 Å². The fourth-order valence-electron chi connectivity index (χ4n) is 3.41. The lowest BCUT2D eigenvalue weighted by atomic mass is 10.1. The van der Waals surface area contributed by atoms with Crippen LogP contribution in [-0.4, -0.2) is 18.5 Å². The molecule has 3 aromatic rings. The van der Waals surface area contributed by atoms with Crippen LogP contribution in [0.25, 0.3) is 6.08 Å². The molecule has 6 nitrogen and oxygen atoms in total. The Kier molecular flexibility index (Phi) is 7.05. The van der Waals surface area contributed by atoms with E-state index in [-0.39, 0.29) is 28.9 Å². The summed E-state index contributed by atoms with van der Waals surface area (Å²) in [6, 6.07) is 15.1. The van der Waals surface area contributed by atoms with E-state index in [2.05, 4.69) is 5.32 Å². The predicted octanol–water partition coefficient (Wildman–Crippen LogP) is 6.21. The molecule has 4 rings (SSSR count). The summed E-state index contributed by atoms with van der Waals surface area (Å²) in [6.45, 7) is 2.23. The van der Waals surface area contributed by atoms with Gasteiger partial charge in [0.1, 0.15) is 18.1 Å². The van der Waals surface area contributed by atoms with E-state index >= 15 is 0 Å². The van der Waals surface area contributed by atoms with Crippen molar-refractivity contribution in [2.75, 3.05) is 11.5 Å². The molecule has 1 fully saturated rings. The maximum Gasteiger partial charge on any atom is 0.333 e. The van der Waals surface area contributed by atoms with Gasteiger partial charge in [-0.1, -0.05) is 41.4 Å². The van der Waals surface area contributed by atoms with Gasteiger partial charge < -0.3 is 14.8 Å². The van der Waals surface area contributed by atoms with Crippen LogP contribution >= 0.6 is 23.2 Å². The first-order chi connectivity index (χ1) is 16.4. The molecule has 1 aliphatic rings. The first-order valence-electron chi connectivity index (χ1n) is 10.3. The molecular weight excluding hydrogens is 482 g/mol. The third kappa shape index (κ3) is 5.16. The van der Waals surface area contributed by atoms with Gasteiger partial charge in [-0.05, 0) is 66.6 Å². The Labute approximate surface area is 205 Å². The minimum Gasteiger partial charge on any atom is -0.490 e. The molecule has 0 saturated carbocycles. The summed E-state index contributed by atoms with van der Waals surface area (Å²) in [4.78, 5) is 26.3. The molecule has 0 atom stereocenters. The number of hydrogen-bond acceptors (Lipinski definition) is 4. The van der Waals surface area contributed by atoms with Crippen molar-refractivity contribution in [3.8, 4) is 11.5 Å². The first kappa shape index (κ1) is 23.6. The van der Waals surface area contributed by atoms with Crippen LogP contribution in [0.5, 0.6) is 11.5 Å². The Balaban J connectivity index is 1.60. The molecule has 1 saturated heterocycles. The Morgan fingerprint density at radius 1 is 1.03 bits per heavy atom. The number of imide groups is 1. The van der Waals surface area contributed by atoms with Gasteiger partial charge in [-0.3, -0.25) is 4.79 Å². The fourth-order valence-corrected chi connectivity index (χ4v) is 3.87. The van der Waals surface area contributed by atoms with Crippen molar-refractivity contribution in [3.05, 3.63) is 93.4 Å². The average molecular weight is 501 g/mol. The smallest absolute Gasteiger partial charge is 0.333 e. The van der Waals surface area contributed by atoms with E-state index in [0.29, 0.717) is 34.2 Å². The summed E-state index contributed by atoms with van der Waals surface area (Å²) in [6.07, 6.45) is 1.50. The molecule has 0 bridgehead atoms. The van der Waals surface area contributed by atoms with E-state index in [0.717, 1.165) is 4.90 Å². The standard InChI is InChI=1S/C25H19Cl2FN2O4/c1-2-33-22-12-16(10-20(27)23(22)34-14-15-5-3-7-18(28)9-15)11-21-24(31)30(25(32)29-21)19-8-4-6-17(26)13-19/h3-13H,2,14H2,1H3,(H,29,32)/b21-11+. The second kappa shape index (κ2) is 10.2. The third-order valence-corrected chi connectivity index (χ3v) is 5.38. The molecule has 34 heavy (non-hydrogen) atoms. The average Bonchev–Trinajstić information content (AvgIpc) is 3.06. The summed E-state index contributed by atoms with van der Waals surface area (Å²) >= 11 is 12.4. The van der Waals surface area contributed by atoms with Crippen molar-refractivity contribution in [2.45, 2.75) is 13.5 Å². The van der Waals surface area contributed by atoms with Gasteiger partial charge in [0.15, 0.2) is 11.5 Å². The summed E-state index contributed by atoms with van der Waals surface area (Å²) in [5.41, 5.74) is 1.57. The van der Waals surface area contributed by atoms with Crippen LogP contribution in [0.3, 0.4) is 0 Å². The third-order valence-electron chi connectivity index (χ3n) is 4.86. The summed E-state index contributed by atoms with van der Waals surface area (Å²) < 4.78 is 24.9. The summed E-state index contributed by atoms with van der Waals surface area (Å²) in [5.74, 6) is -0.263. The van der Waals surface area contributed by atoms with Gasteiger partial charge >= 0.3 is 6.03 Å². The number of carbonyl (C=O) groups excluding carboxylic acids is 2. The molecule has 0 aromatic heterocycles. The summed E-state index contributed by atoms with van der Waals surface area (Å²) in [7, 11) is 0. The van der Waals surface area contributed by atoms with Gasteiger partial charge in [0.05, 0.1) is 17.3 Å². The van der Waals surface area contributed by atoms with Crippen molar-refractivity contribution in [1.82, 2.24) is 5.32 Å². The molecule has 0 aliphatic carbocycles. The monoisotopic (exact) mass is 500 g/mol. The number of amides is 3. The molecule has 0 radical (unpaired) electrons. The van der Waals surface area contributed by atoms with Crippen LogP contribution in [0.15, 0.2) is 66.4 Å². The molecular formula is C25H19Cl2FN2O4. The van der Waals surface area contributed by atoms with Crippen LogP contribution in [0.1, 0.15) is 18.1 Å². The number of benzene rings is 3. The number of nitrogens with zero attached hydrogens (tertiary/aromatic N) is 1. The largest absolute Gasteiger partial charge is 0.490 e. The van der Waals surface area contributed by atoms with E-state index in [1.807, 2.05) is 0 Å². The van der Waals surface area contributed by atoms with Crippen molar-refractivity contribution in [2.24, 2.45) is 0 Å². The van der Waals surface area contributed by atoms with Crippen LogP contribution in [0.2, 0.25) is 10.0 Å². The molecule has 3 amide bonds. The number of urea groups is 1. The quantitative estimate of drug-likeness (QED) is 0.309. The lowest BCUT2D eigenvalue weighted by Crippen LogP contribution is -2.30. The number of halogens is 3. The van der Waals surface area contributed by atoms with Gasteiger partial charge in [-0.15, -0.1) is 0 Å². The van der Waals surface area contributed by atoms with E-state index in [4.69, 9.17) is 32.7 Å². The molecule has 3 aromatic carbocycles. The highest BCUT2D eigenvalue weighted by atomic mass is 35.5. The number of anilines is 1. The van der Waals surface area contributed by atoms with Crippen LogP contribution in [0.4, 0.5) is 14.9 Å². The van der Waals surface area contributed by atoms with Gasteiger partial charge in [0.2, 0.25) is 0 Å². The molecule has 1 aliphatic heterocycles. The van der Waals surface area contributed by atoms with Crippen LogP contribution in [-0.2, 0) is 11.4 Å². The lowest BCUT2D eigenvalue weighted by Gasteiger charge is -2.15. The molecule has 1 N–H and O–H groups in total. The van der Waals surface area contributed by atoms with E-state index < -0.39 is 11.9 Å². The fraction of sp³-hybridized carbons (Fsp3) is 0.120. The Morgan fingerprint density at radius 2 is 1.82 bits per heavy atom. The molecule has 174 valence electrons. The SMILES string of the molecule is CCOc1cc(/C=C2/NC(=O)N(c3cccc(Cl)c3)C2=O)cc(Cl)c1OCc1cccc(F)c1.